The maximum absolute atomic E-state index is 13.1. The molecule has 4 aliphatic rings. The summed E-state index contributed by atoms with van der Waals surface area (Å²) in [6, 6.07) is 17.2. The lowest BCUT2D eigenvalue weighted by molar-refractivity contribution is -0.284. The van der Waals surface area contributed by atoms with Crippen LogP contribution < -0.4 is 4.74 Å². The third kappa shape index (κ3) is 7.48. The molecular weight excluding hydrogens is 666 g/mol. The van der Waals surface area contributed by atoms with E-state index in [0.717, 1.165) is 82.4 Å². The number of hydrogen-bond donors (Lipinski definition) is 1. The second-order valence-electron chi connectivity index (χ2n) is 16.2. The Hall–Kier alpha value is -1.84. The number of halogens is 5. The summed E-state index contributed by atoms with van der Waals surface area (Å²) in [6.07, 6.45) is 6.44. The van der Waals surface area contributed by atoms with Crippen LogP contribution in [0.15, 0.2) is 48.5 Å². The molecule has 4 aliphatic carbocycles. The first-order valence-corrected chi connectivity index (χ1v) is 20.2. The van der Waals surface area contributed by atoms with Crippen molar-refractivity contribution in [2.75, 3.05) is 31.6 Å². The molecule has 3 saturated carbocycles. The van der Waals surface area contributed by atoms with Crippen molar-refractivity contribution < 1.29 is 31.8 Å². The van der Waals surface area contributed by atoms with Crippen molar-refractivity contribution in [3.63, 3.8) is 0 Å². The van der Waals surface area contributed by atoms with Crippen LogP contribution in [0.25, 0.3) is 0 Å². The number of aliphatic hydroxyl groups is 1. The van der Waals surface area contributed by atoms with E-state index in [4.69, 9.17) is 4.74 Å². The molecule has 0 aliphatic heterocycles. The molecule has 9 heteroatoms. The second kappa shape index (κ2) is 15.3. The molecular formula is C41H56F5NO2S. The Morgan fingerprint density at radius 3 is 2.34 bits per heavy atom. The number of nitrogens with zero attached hydrogens (tertiary/aromatic N) is 1. The van der Waals surface area contributed by atoms with Gasteiger partial charge in [0.2, 0.25) is 0 Å². The highest BCUT2D eigenvalue weighted by Gasteiger charge is 2.74. The van der Waals surface area contributed by atoms with Crippen molar-refractivity contribution in [2.24, 2.45) is 22.7 Å². The van der Waals surface area contributed by atoms with Crippen LogP contribution in [0.4, 0.5) is 22.0 Å². The lowest BCUT2D eigenvalue weighted by Crippen LogP contribution is -2.54. The minimum Gasteiger partial charge on any atom is -0.489 e. The predicted molar refractivity (Wildman–Crippen MR) is 192 cm³/mol. The van der Waals surface area contributed by atoms with Gasteiger partial charge in [-0.1, -0.05) is 56.2 Å². The summed E-state index contributed by atoms with van der Waals surface area (Å²) >= 11 is 1.46. The highest BCUT2D eigenvalue weighted by Crippen LogP contribution is 2.78. The number of hydrogen-bond acceptors (Lipinski definition) is 4. The first kappa shape index (κ1) is 37.9. The van der Waals surface area contributed by atoms with Gasteiger partial charge >= 0.3 is 12.1 Å². The van der Waals surface area contributed by atoms with E-state index in [9.17, 15) is 27.1 Å². The Morgan fingerprint density at radius 1 is 0.880 bits per heavy atom. The first-order chi connectivity index (χ1) is 23.8. The van der Waals surface area contributed by atoms with Crippen molar-refractivity contribution in [3.05, 3.63) is 65.2 Å². The van der Waals surface area contributed by atoms with Gasteiger partial charge in [0.25, 0.3) is 0 Å². The Bertz CT molecular complexity index is 1410. The van der Waals surface area contributed by atoms with Gasteiger partial charge in [-0.25, -0.2) is 0 Å². The van der Waals surface area contributed by atoms with E-state index in [-0.39, 0.29) is 17.3 Å². The van der Waals surface area contributed by atoms with Gasteiger partial charge in [0.1, 0.15) is 12.4 Å². The van der Waals surface area contributed by atoms with Gasteiger partial charge in [0.05, 0.1) is 5.60 Å². The Labute approximate surface area is 300 Å². The molecule has 0 amide bonds. The predicted octanol–water partition coefficient (Wildman–Crippen LogP) is 10.8. The molecule has 3 fully saturated rings. The average molecular weight is 722 g/mol. The SMILES string of the molecule is CN(CCCCC[C@@H]1Cc2cc(OCc3ccccc3)ccc2[C@H]2CC[C@]3(C)[C@]4(O)CC[C@@]3(CC4)[C@H]12)CCCSCCCC(F)(F)C(F)(F)F. The van der Waals surface area contributed by atoms with Gasteiger partial charge in [0, 0.05) is 11.8 Å². The number of fused-ring (bicyclic) bond motifs is 3. The molecule has 3 nitrogen and oxygen atoms in total. The van der Waals surface area contributed by atoms with E-state index in [1.807, 2.05) is 18.2 Å². The summed E-state index contributed by atoms with van der Waals surface area (Å²) in [7, 11) is 2.11. The number of ether oxygens (including phenoxy) is 1. The van der Waals surface area contributed by atoms with Crippen LogP contribution in [0.5, 0.6) is 5.75 Å². The molecule has 0 heterocycles. The van der Waals surface area contributed by atoms with Crippen LogP contribution in [0.2, 0.25) is 0 Å². The fourth-order valence-electron chi connectivity index (χ4n) is 10.8. The average Bonchev–Trinajstić information content (AvgIpc) is 3.46. The number of benzene rings is 2. The minimum atomic E-state index is -5.46. The molecule has 6 rings (SSSR count). The largest absolute Gasteiger partial charge is 0.489 e. The van der Waals surface area contributed by atoms with Gasteiger partial charge in [0.15, 0.2) is 0 Å². The molecule has 278 valence electrons. The zero-order valence-corrected chi connectivity index (χ0v) is 30.7. The summed E-state index contributed by atoms with van der Waals surface area (Å²) in [4.78, 5) is 2.31. The third-order valence-corrected chi connectivity index (χ3v) is 14.7. The van der Waals surface area contributed by atoms with Crippen molar-refractivity contribution in [1.82, 2.24) is 4.90 Å². The van der Waals surface area contributed by atoms with Crippen LogP contribution in [-0.2, 0) is 13.0 Å². The standard InChI is InChI=1S/C41H56F5NO2S/c1-37-18-16-35-34-15-14-33(49-29-30-11-5-3-6-12-30)28-32(34)27-31(36(35)38(37)19-21-39(37,48)22-20-38)13-7-4-8-23-47(2)24-10-26-50-25-9-17-40(42,43)41(44,45)46/h3,5-6,11-12,14-15,28,31,35-36,48H,4,7-10,13,16-27,29H2,1-2H3/t31-,35-,36-,37+,38-,39+/m1/s1. The molecule has 0 aromatic heterocycles. The Morgan fingerprint density at radius 2 is 1.60 bits per heavy atom. The molecule has 50 heavy (non-hydrogen) atoms. The number of alkyl halides is 5. The van der Waals surface area contributed by atoms with Gasteiger partial charge in [-0.05, 0) is 154 Å². The maximum atomic E-state index is 13.1. The van der Waals surface area contributed by atoms with E-state index in [0.29, 0.717) is 30.1 Å². The van der Waals surface area contributed by atoms with Crippen LogP contribution in [-0.4, -0.2) is 59.3 Å². The quantitative estimate of drug-likeness (QED) is 0.130. The lowest BCUT2D eigenvalue weighted by Gasteiger charge is -2.59. The summed E-state index contributed by atoms with van der Waals surface area (Å²) in [5, 5.41) is 11.8. The molecule has 2 bridgehead atoms. The fourth-order valence-corrected chi connectivity index (χ4v) is 11.7. The van der Waals surface area contributed by atoms with Crippen molar-refractivity contribution >= 4 is 11.8 Å². The molecule has 0 spiro atoms. The van der Waals surface area contributed by atoms with Crippen LogP contribution >= 0.6 is 11.8 Å². The monoisotopic (exact) mass is 721 g/mol. The van der Waals surface area contributed by atoms with Crippen LogP contribution in [0, 0.1) is 22.7 Å². The van der Waals surface area contributed by atoms with Crippen molar-refractivity contribution in [1.29, 1.82) is 0 Å². The maximum Gasteiger partial charge on any atom is 0.453 e. The molecule has 0 radical (unpaired) electrons. The summed E-state index contributed by atoms with van der Waals surface area (Å²) < 4.78 is 69.4. The van der Waals surface area contributed by atoms with Gasteiger partial charge in [-0.2, -0.15) is 33.7 Å². The van der Waals surface area contributed by atoms with Gasteiger partial charge in [-0.3, -0.25) is 0 Å². The summed E-state index contributed by atoms with van der Waals surface area (Å²) in [6.45, 7) is 4.89. The minimum absolute atomic E-state index is 0.0187. The third-order valence-electron chi connectivity index (χ3n) is 13.5. The zero-order chi connectivity index (χ0) is 35.6. The molecule has 0 saturated heterocycles. The number of unbranched alkanes of at least 4 members (excludes halogenated alkanes) is 2. The van der Waals surface area contributed by atoms with E-state index >= 15 is 0 Å². The van der Waals surface area contributed by atoms with Gasteiger partial charge < -0.3 is 14.7 Å². The molecule has 1 N–H and O–H groups in total. The van der Waals surface area contributed by atoms with Crippen molar-refractivity contribution in [3.8, 4) is 5.75 Å². The number of thioether (sulfide) groups is 1. The lowest BCUT2D eigenvalue weighted by atomic mass is 9.45. The smallest absolute Gasteiger partial charge is 0.453 e. The topological polar surface area (TPSA) is 32.7 Å². The fraction of sp³-hybridized carbons (Fsp3) is 0.707. The zero-order valence-electron chi connectivity index (χ0n) is 29.9. The van der Waals surface area contributed by atoms with E-state index in [2.05, 4.69) is 49.2 Å². The Kier molecular flexibility index (Phi) is 11.6. The molecule has 2 aromatic rings. The number of rotatable bonds is 17. The highest BCUT2D eigenvalue weighted by atomic mass is 32.2. The summed E-state index contributed by atoms with van der Waals surface area (Å²) in [5.41, 5.74) is 3.90. The first-order valence-electron chi connectivity index (χ1n) is 19.0. The van der Waals surface area contributed by atoms with Crippen LogP contribution in [0.3, 0.4) is 0 Å². The molecule has 2 aromatic carbocycles. The van der Waals surface area contributed by atoms with E-state index in [1.165, 1.54) is 47.7 Å². The molecule has 4 atom stereocenters. The van der Waals surface area contributed by atoms with E-state index in [1.54, 1.807) is 0 Å². The van der Waals surface area contributed by atoms with Crippen molar-refractivity contribution in [2.45, 2.75) is 127 Å². The highest BCUT2D eigenvalue weighted by molar-refractivity contribution is 7.99. The summed E-state index contributed by atoms with van der Waals surface area (Å²) in [5.74, 6) is -0.793. The second-order valence-corrected chi connectivity index (χ2v) is 17.4. The van der Waals surface area contributed by atoms with E-state index < -0.39 is 24.1 Å². The normalized spacial score (nSPS) is 30.3. The van der Waals surface area contributed by atoms with Gasteiger partial charge in [-0.15, -0.1) is 0 Å². The molecule has 0 unspecified atom stereocenters. The van der Waals surface area contributed by atoms with Crippen LogP contribution in [0.1, 0.15) is 113 Å². The Balaban J connectivity index is 1.00.